The predicted octanol–water partition coefficient (Wildman–Crippen LogP) is 3.60. The first kappa shape index (κ1) is 17.4. The summed E-state index contributed by atoms with van der Waals surface area (Å²) in [7, 11) is 0. The minimum absolute atomic E-state index is 0.230. The van der Waals surface area contributed by atoms with Gasteiger partial charge in [-0.05, 0) is 24.3 Å². The molecule has 0 atom stereocenters. The third-order valence-electron chi connectivity index (χ3n) is 2.89. The predicted molar refractivity (Wildman–Crippen MR) is 93.3 cm³/mol. The van der Waals surface area contributed by atoms with Gasteiger partial charge in [0.2, 0.25) is 5.91 Å². The van der Waals surface area contributed by atoms with Crippen molar-refractivity contribution in [1.82, 2.24) is 5.32 Å². The second kappa shape index (κ2) is 7.55. The third kappa shape index (κ3) is 4.51. The van der Waals surface area contributed by atoms with E-state index >= 15 is 0 Å². The number of rotatable bonds is 4. The molecule has 0 saturated heterocycles. The Morgan fingerprint density at radius 2 is 1.61 bits per heavy atom. The van der Waals surface area contributed by atoms with Crippen LogP contribution in [0.1, 0.15) is 10.4 Å². The summed E-state index contributed by atoms with van der Waals surface area (Å²) in [4.78, 5) is 23.8. The molecule has 0 fully saturated rings. The molecule has 0 unspecified atom stereocenters. The largest absolute Gasteiger partial charge is 0.396 e. The molecule has 0 heterocycles. The highest BCUT2D eigenvalue weighted by Crippen LogP contribution is 2.31. The van der Waals surface area contributed by atoms with Crippen LogP contribution in [-0.4, -0.2) is 18.4 Å². The second-order valence-electron chi connectivity index (χ2n) is 4.56. The van der Waals surface area contributed by atoms with Gasteiger partial charge >= 0.3 is 0 Å². The molecule has 2 aromatic carbocycles. The quantitative estimate of drug-likeness (QED) is 0.717. The molecule has 0 spiro atoms. The Hall–Kier alpha value is -1.95. The molecule has 8 heteroatoms. The van der Waals surface area contributed by atoms with Crippen LogP contribution in [0, 0.1) is 0 Å². The summed E-state index contributed by atoms with van der Waals surface area (Å²) >= 11 is 17.7. The van der Waals surface area contributed by atoms with Crippen LogP contribution in [-0.2, 0) is 4.79 Å². The first-order valence-corrected chi connectivity index (χ1v) is 7.59. The molecular formula is C15H12Cl3N3O2. The van der Waals surface area contributed by atoms with E-state index in [-0.39, 0.29) is 22.3 Å². The van der Waals surface area contributed by atoms with Crippen molar-refractivity contribution in [1.29, 1.82) is 0 Å². The number of anilines is 2. The lowest BCUT2D eigenvalue weighted by atomic mass is 10.2. The fourth-order valence-corrected chi connectivity index (χ4v) is 2.47. The number of nitrogens with one attached hydrogen (secondary N) is 2. The smallest absolute Gasteiger partial charge is 0.253 e. The summed E-state index contributed by atoms with van der Waals surface area (Å²) in [5.41, 5.74) is 6.52. The Balaban J connectivity index is 1.96. The van der Waals surface area contributed by atoms with Gasteiger partial charge in [0.1, 0.15) is 0 Å². The number of carbonyl (C=O) groups is 2. The summed E-state index contributed by atoms with van der Waals surface area (Å²) < 4.78 is 0. The number of halogens is 3. The highest BCUT2D eigenvalue weighted by Gasteiger charge is 2.12. The molecule has 0 aliphatic carbocycles. The van der Waals surface area contributed by atoms with Crippen molar-refractivity contribution in [3.05, 3.63) is 57.0 Å². The van der Waals surface area contributed by atoms with Crippen LogP contribution in [0.3, 0.4) is 0 Å². The van der Waals surface area contributed by atoms with Gasteiger partial charge in [0.25, 0.3) is 5.91 Å². The number of amides is 2. The van der Waals surface area contributed by atoms with Gasteiger partial charge in [0.15, 0.2) is 0 Å². The molecule has 2 amide bonds. The summed E-state index contributed by atoms with van der Waals surface area (Å²) in [6.07, 6.45) is 0. The first-order chi connectivity index (χ1) is 10.9. The van der Waals surface area contributed by atoms with Crippen molar-refractivity contribution < 1.29 is 9.59 Å². The highest BCUT2D eigenvalue weighted by atomic mass is 35.5. The molecule has 0 radical (unpaired) electrons. The Morgan fingerprint density at radius 1 is 1.00 bits per heavy atom. The van der Waals surface area contributed by atoms with Crippen LogP contribution < -0.4 is 16.4 Å². The minimum Gasteiger partial charge on any atom is -0.396 e. The maximum atomic E-state index is 11.9. The lowest BCUT2D eigenvalue weighted by Crippen LogP contribution is -2.33. The van der Waals surface area contributed by atoms with Crippen LogP contribution >= 0.6 is 34.8 Å². The average molecular weight is 373 g/mol. The molecule has 23 heavy (non-hydrogen) atoms. The van der Waals surface area contributed by atoms with Crippen LogP contribution in [0.4, 0.5) is 11.4 Å². The first-order valence-electron chi connectivity index (χ1n) is 6.45. The Labute approximate surface area is 147 Å². The van der Waals surface area contributed by atoms with Crippen molar-refractivity contribution >= 4 is 58.0 Å². The molecule has 0 bridgehead atoms. The SMILES string of the molecule is Nc1c(Cl)cc(NC(=O)CNC(=O)c2ccccc2Cl)cc1Cl. The van der Waals surface area contributed by atoms with Crippen molar-refractivity contribution in [3.8, 4) is 0 Å². The van der Waals surface area contributed by atoms with Gasteiger partial charge in [0.05, 0.1) is 32.9 Å². The molecule has 0 saturated carbocycles. The number of carbonyl (C=O) groups excluding carboxylic acids is 2. The molecular weight excluding hydrogens is 361 g/mol. The Morgan fingerprint density at radius 3 is 2.22 bits per heavy atom. The molecule has 0 aliphatic heterocycles. The van der Waals surface area contributed by atoms with E-state index in [4.69, 9.17) is 40.5 Å². The zero-order valence-electron chi connectivity index (χ0n) is 11.7. The van der Waals surface area contributed by atoms with Gasteiger partial charge in [-0.15, -0.1) is 0 Å². The van der Waals surface area contributed by atoms with Crippen molar-refractivity contribution in [2.75, 3.05) is 17.6 Å². The van der Waals surface area contributed by atoms with Gasteiger partial charge in [-0.25, -0.2) is 0 Å². The van der Waals surface area contributed by atoms with Crippen LogP contribution in [0.5, 0.6) is 0 Å². The second-order valence-corrected chi connectivity index (χ2v) is 5.79. The maximum absolute atomic E-state index is 11.9. The number of nitrogen functional groups attached to an aromatic ring is 1. The van der Waals surface area contributed by atoms with Crippen molar-refractivity contribution in [2.24, 2.45) is 0 Å². The van der Waals surface area contributed by atoms with E-state index in [1.54, 1.807) is 24.3 Å². The third-order valence-corrected chi connectivity index (χ3v) is 3.85. The molecule has 0 aromatic heterocycles. The van der Waals surface area contributed by atoms with Crippen LogP contribution in [0.25, 0.3) is 0 Å². The monoisotopic (exact) mass is 371 g/mol. The zero-order chi connectivity index (χ0) is 17.0. The topological polar surface area (TPSA) is 84.2 Å². The van der Waals surface area contributed by atoms with E-state index in [2.05, 4.69) is 10.6 Å². The van der Waals surface area contributed by atoms with Gasteiger partial charge < -0.3 is 16.4 Å². The van der Waals surface area contributed by atoms with E-state index in [0.29, 0.717) is 16.3 Å². The maximum Gasteiger partial charge on any atom is 0.253 e. The number of benzene rings is 2. The van der Waals surface area contributed by atoms with Gasteiger partial charge in [-0.1, -0.05) is 46.9 Å². The molecule has 120 valence electrons. The van der Waals surface area contributed by atoms with Crippen LogP contribution in [0.2, 0.25) is 15.1 Å². The summed E-state index contributed by atoms with van der Waals surface area (Å²) in [6.45, 7) is -0.232. The Bertz CT molecular complexity index is 742. The number of nitrogens with two attached hydrogens (primary N) is 1. The fraction of sp³-hybridized carbons (Fsp3) is 0.0667. The van der Waals surface area contributed by atoms with Gasteiger partial charge in [-0.3, -0.25) is 9.59 Å². The lowest BCUT2D eigenvalue weighted by Gasteiger charge is -2.10. The fourth-order valence-electron chi connectivity index (χ4n) is 1.76. The minimum atomic E-state index is -0.445. The van der Waals surface area contributed by atoms with Gasteiger partial charge in [0, 0.05) is 5.69 Å². The molecule has 0 aliphatic rings. The molecule has 4 N–H and O–H groups in total. The average Bonchev–Trinajstić information content (AvgIpc) is 2.50. The number of hydrogen-bond donors (Lipinski definition) is 3. The standard InChI is InChI=1S/C15H12Cl3N3O2/c16-10-4-2-1-3-9(10)15(23)20-7-13(22)21-8-5-11(17)14(19)12(18)6-8/h1-6H,7,19H2,(H,20,23)(H,21,22). The molecule has 2 rings (SSSR count). The normalized spacial score (nSPS) is 10.2. The van der Waals surface area contributed by atoms with Crippen LogP contribution in [0.15, 0.2) is 36.4 Å². The van der Waals surface area contributed by atoms with E-state index in [9.17, 15) is 9.59 Å². The Kier molecular flexibility index (Phi) is 5.71. The van der Waals surface area contributed by atoms with E-state index < -0.39 is 11.8 Å². The number of hydrogen-bond acceptors (Lipinski definition) is 3. The van der Waals surface area contributed by atoms with Crippen molar-refractivity contribution in [3.63, 3.8) is 0 Å². The van der Waals surface area contributed by atoms with E-state index in [0.717, 1.165) is 0 Å². The molecule has 5 nitrogen and oxygen atoms in total. The van der Waals surface area contributed by atoms with E-state index in [1.165, 1.54) is 12.1 Å². The van der Waals surface area contributed by atoms with Crippen molar-refractivity contribution in [2.45, 2.75) is 0 Å². The summed E-state index contributed by atoms with van der Waals surface area (Å²) in [5, 5.41) is 5.80. The molecule has 2 aromatic rings. The summed E-state index contributed by atoms with van der Waals surface area (Å²) in [6, 6.07) is 9.48. The lowest BCUT2D eigenvalue weighted by molar-refractivity contribution is -0.115. The zero-order valence-corrected chi connectivity index (χ0v) is 14.0. The van der Waals surface area contributed by atoms with E-state index in [1.807, 2.05) is 0 Å². The highest BCUT2D eigenvalue weighted by molar-refractivity contribution is 6.39. The summed E-state index contributed by atoms with van der Waals surface area (Å²) in [5.74, 6) is -0.888. The van der Waals surface area contributed by atoms with Gasteiger partial charge in [-0.2, -0.15) is 0 Å².